The molecule has 3 aromatic rings. The molecule has 5 rings (SSSR count). The first kappa shape index (κ1) is 20.2. The zero-order valence-electron chi connectivity index (χ0n) is 18.7. The van der Waals surface area contributed by atoms with Crippen molar-refractivity contribution in [2.75, 3.05) is 0 Å². The van der Waals surface area contributed by atoms with Gasteiger partial charge in [-0.1, -0.05) is 44.2 Å². The highest BCUT2D eigenvalue weighted by atomic mass is 16.1. The van der Waals surface area contributed by atoms with E-state index in [2.05, 4.69) is 24.5 Å². The molecule has 2 saturated carbocycles. The summed E-state index contributed by atoms with van der Waals surface area (Å²) in [4.78, 5) is 18.3. The number of aromatic nitrogens is 3. The molecule has 2 aromatic heterocycles. The van der Waals surface area contributed by atoms with Gasteiger partial charge < -0.3 is 4.57 Å². The van der Waals surface area contributed by atoms with E-state index in [0.717, 1.165) is 29.7 Å². The monoisotopic (exact) mass is 416 g/mol. The Kier molecular flexibility index (Phi) is 5.51. The van der Waals surface area contributed by atoms with Crippen LogP contribution in [0.15, 0.2) is 40.2 Å². The van der Waals surface area contributed by atoms with Gasteiger partial charge in [0.1, 0.15) is 5.82 Å². The van der Waals surface area contributed by atoms with Gasteiger partial charge in [0, 0.05) is 28.9 Å². The summed E-state index contributed by atoms with van der Waals surface area (Å²) < 4.78 is 4.05. The van der Waals surface area contributed by atoms with Gasteiger partial charge in [-0.2, -0.15) is 9.78 Å². The highest BCUT2D eigenvalue weighted by Crippen LogP contribution is 2.34. The first-order valence-corrected chi connectivity index (χ1v) is 11.9. The van der Waals surface area contributed by atoms with Crippen LogP contribution in [0.1, 0.15) is 92.5 Å². The van der Waals surface area contributed by atoms with Crippen LogP contribution in [0, 0.1) is 13.8 Å². The second-order valence-corrected chi connectivity index (χ2v) is 9.32. The minimum Gasteiger partial charge on any atom is -0.345 e. The molecule has 0 N–H and O–H groups in total. The minimum absolute atomic E-state index is 0.0629. The Morgan fingerprint density at radius 2 is 1.71 bits per heavy atom. The van der Waals surface area contributed by atoms with E-state index in [4.69, 9.17) is 10.1 Å². The van der Waals surface area contributed by atoms with Crippen molar-refractivity contribution in [1.82, 2.24) is 14.2 Å². The van der Waals surface area contributed by atoms with E-state index in [0.29, 0.717) is 17.3 Å². The van der Waals surface area contributed by atoms with E-state index in [-0.39, 0.29) is 5.56 Å². The number of rotatable bonds is 4. The van der Waals surface area contributed by atoms with Gasteiger partial charge in [-0.25, -0.2) is 4.98 Å². The van der Waals surface area contributed by atoms with E-state index in [1.807, 2.05) is 30.5 Å². The van der Waals surface area contributed by atoms with Crippen molar-refractivity contribution < 1.29 is 0 Å². The highest BCUT2D eigenvalue weighted by molar-refractivity contribution is 5.82. The molecular weight excluding hydrogens is 384 g/mol. The Hall–Kier alpha value is -2.69. The summed E-state index contributed by atoms with van der Waals surface area (Å²) in [5.74, 6) is 1.12. The smallest absolute Gasteiger partial charge is 0.282 e. The predicted octanol–water partition coefficient (Wildman–Crippen LogP) is 5.86. The molecule has 2 aliphatic carbocycles. The van der Waals surface area contributed by atoms with Crippen LogP contribution in [0.3, 0.4) is 0 Å². The van der Waals surface area contributed by atoms with Gasteiger partial charge in [0.05, 0.1) is 17.1 Å². The lowest BCUT2D eigenvalue weighted by Gasteiger charge is -2.22. The second-order valence-electron chi connectivity index (χ2n) is 9.32. The van der Waals surface area contributed by atoms with E-state index in [1.165, 1.54) is 56.3 Å². The third-order valence-electron chi connectivity index (χ3n) is 7.27. The molecule has 2 fully saturated rings. The van der Waals surface area contributed by atoms with E-state index in [9.17, 15) is 4.79 Å². The molecule has 0 amide bonds. The maximum absolute atomic E-state index is 13.4. The molecule has 162 valence electrons. The van der Waals surface area contributed by atoms with Crippen LogP contribution < -0.4 is 5.56 Å². The maximum atomic E-state index is 13.4. The maximum Gasteiger partial charge on any atom is 0.282 e. The Morgan fingerprint density at radius 1 is 1.00 bits per heavy atom. The van der Waals surface area contributed by atoms with Crippen molar-refractivity contribution in [2.24, 2.45) is 5.10 Å². The molecule has 5 nitrogen and oxygen atoms in total. The fourth-order valence-corrected chi connectivity index (χ4v) is 5.66. The van der Waals surface area contributed by atoms with E-state index in [1.54, 1.807) is 4.68 Å². The Labute approximate surface area is 183 Å². The lowest BCUT2D eigenvalue weighted by molar-refractivity contribution is 0.416. The standard InChI is InChI=1S/C26H32N4O/c1-18-16-21(19(2)29(18)22-12-6-7-13-22)17-27-30-25(20-10-4-3-5-11-20)28-24-15-9-8-14-23(24)26(30)31/h8-9,14-17,20,22H,3-7,10-13H2,1-2H3. The van der Waals surface area contributed by atoms with E-state index < -0.39 is 0 Å². The fraction of sp³-hybridized carbons (Fsp3) is 0.500. The molecule has 1 aromatic carbocycles. The summed E-state index contributed by atoms with van der Waals surface area (Å²) in [5, 5.41) is 5.38. The summed E-state index contributed by atoms with van der Waals surface area (Å²) in [6.07, 6.45) is 12.8. The lowest BCUT2D eigenvalue weighted by Crippen LogP contribution is -2.25. The number of aryl methyl sites for hydroxylation is 1. The van der Waals surface area contributed by atoms with Crippen molar-refractivity contribution in [2.45, 2.75) is 83.6 Å². The summed E-state index contributed by atoms with van der Waals surface area (Å²) >= 11 is 0. The van der Waals surface area contributed by atoms with Crippen molar-refractivity contribution in [3.8, 4) is 0 Å². The number of para-hydroxylation sites is 1. The van der Waals surface area contributed by atoms with Crippen LogP contribution in [0.2, 0.25) is 0 Å². The first-order valence-electron chi connectivity index (χ1n) is 11.9. The van der Waals surface area contributed by atoms with Crippen LogP contribution in [-0.2, 0) is 0 Å². The molecule has 2 heterocycles. The summed E-state index contributed by atoms with van der Waals surface area (Å²) in [6, 6.07) is 10.4. The third-order valence-corrected chi connectivity index (χ3v) is 7.27. The van der Waals surface area contributed by atoms with Gasteiger partial charge in [-0.15, -0.1) is 0 Å². The number of benzene rings is 1. The summed E-state index contributed by atoms with van der Waals surface area (Å²) in [6.45, 7) is 4.36. The first-order chi connectivity index (χ1) is 15.1. The van der Waals surface area contributed by atoms with E-state index >= 15 is 0 Å². The molecular formula is C26H32N4O. The van der Waals surface area contributed by atoms with Crippen LogP contribution in [0.25, 0.3) is 10.9 Å². The molecule has 0 unspecified atom stereocenters. The zero-order valence-corrected chi connectivity index (χ0v) is 18.7. The zero-order chi connectivity index (χ0) is 21.4. The van der Waals surface area contributed by atoms with Gasteiger partial charge in [0.2, 0.25) is 0 Å². The average molecular weight is 417 g/mol. The molecule has 0 atom stereocenters. The Morgan fingerprint density at radius 3 is 2.48 bits per heavy atom. The van der Waals surface area contributed by atoms with Crippen molar-refractivity contribution in [3.05, 3.63) is 63.5 Å². The average Bonchev–Trinajstić information content (AvgIpc) is 3.41. The van der Waals surface area contributed by atoms with Crippen molar-refractivity contribution in [3.63, 3.8) is 0 Å². The Balaban J connectivity index is 1.58. The quantitative estimate of drug-likeness (QED) is 0.500. The molecule has 5 heteroatoms. The molecule has 0 aliphatic heterocycles. The molecule has 0 saturated heterocycles. The normalized spacial score (nSPS) is 18.5. The SMILES string of the molecule is Cc1cc(C=Nn2c(C3CCCCC3)nc3ccccc3c2=O)c(C)n1C1CCCC1. The number of fused-ring (bicyclic) bond motifs is 1. The van der Waals surface area contributed by atoms with Gasteiger partial charge in [0.25, 0.3) is 5.56 Å². The van der Waals surface area contributed by atoms with Crippen molar-refractivity contribution >= 4 is 17.1 Å². The van der Waals surface area contributed by atoms with Crippen LogP contribution >= 0.6 is 0 Å². The topological polar surface area (TPSA) is 52.2 Å². The van der Waals surface area contributed by atoms with Crippen LogP contribution in [0.4, 0.5) is 0 Å². The van der Waals surface area contributed by atoms with Gasteiger partial charge in [-0.3, -0.25) is 4.79 Å². The highest BCUT2D eigenvalue weighted by Gasteiger charge is 2.23. The van der Waals surface area contributed by atoms with Gasteiger partial charge in [-0.05, 0) is 57.7 Å². The molecule has 0 spiro atoms. The lowest BCUT2D eigenvalue weighted by atomic mass is 9.88. The van der Waals surface area contributed by atoms with Gasteiger partial charge in [0.15, 0.2) is 0 Å². The molecule has 0 bridgehead atoms. The number of hydrogen-bond acceptors (Lipinski definition) is 3. The molecule has 31 heavy (non-hydrogen) atoms. The van der Waals surface area contributed by atoms with Crippen LogP contribution in [-0.4, -0.2) is 20.4 Å². The van der Waals surface area contributed by atoms with Gasteiger partial charge >= 0.3 is 0 Å². The summed E-state index contributed by atoms with van der Waals surface area (Å²) in [5.41, 5.74) is 4.33. The largest absolute Gasteiger partial charge is 0.345 e. The molecule has 2 aliphatic rings. The minimum atomic E-state index is -0.0629. The Bertz CT molecular complexity index is 1170. The third kappa shape index (κ3) is 3.75. The molecule has 0 radical (unpaired) electrons. The second kappa shape index (κ2) is 8.45. The number of nitrogens with zero attached hydrogens (tertiary/aromatic N) is 4. The van der Waals surface area contributed by atoms with Crippen LogP contribution in [0.5, 0.6) is 0 Å². The summed E-state index contributed by atoms with van der Waals surface area (Å²) in [7, 11) is 0. The fourth-order valence-electron chi connectivity index (χ4n) is 5.66. The predicted molar refractivity (Wildman–Crippen MR) is 126 cm³/mol. The number of hydrogen-bond donors (Lipinski definition) is 0. The van der Waals surface area contributed by atoms with Crippen molar-refractivity contribution in [1.29, 1.82) is 0 Å².